The average molecular weight is 505 g/mol. The first-order valence-corrected chi connectivity index (χ1v) is 11.6. The lowest BCUT2D eigenvalue weighted by atomic mass is 10.1. The minimum absolute atomic E-state index is 0.0959. The van der Waals surface area contributed by atoms with Gasteiger partial charge < -0.3 is 35.1 Å². The van der Waals surface area contributed by atoms with E-state index in [1.807, 2.05) is 30.3 Å². The standard InChI is InChI=1S/C24H32N4O8/c1-24(2,3)36-22(32)26-10-16(29)28-12-15-18(20(28)21(31)25-11-17(30)34-4)19(15)27-23(33)35-13-14-8-6-5-7-9-14/h5-9,15,18-20H,10-13H2,1-4H3,(H,25,31)(H,26,32)(H,27,33)/t15-,18+,19+,20-/m0/s1. The van der Waals surface area contributed by atoms with Crippen molar-refractivity contribution >= 4 is 30.0 Å². The number of rotatable bonds is 8. The highest BCUT2D eigenvalue weighted by Gasteiger charge is 2.65. The molecule has 0 aromatic heterocycles. The van der Waals surface area contributed by atoms with Gasteiger partial charge in [0.15, 0.2) is 0 Å². The summed E-state index contributed by atoms with van der Waals surface area (Å²) in [6, 6.07) is 7.88. The van der Waals surface area contributed by atoms with E-state index < -0.39 is 41.6 Å². The van der Waals surface area contributed by atoms with Crippen molar-refractivity contribution in [3.8, 4) is 0 Å². The third-order valence-corrected chi connectivity index (χ3v) is 5.84. The fraction of sp³-hybridized carbons (Fsp3) is 0.542. The number of nitrogens with one attached hydrogen (secondary N) is 3. The average Bonchev–Trinajstić information content (AvgIpc) is 3.31. The van der Waals surface area contributed by atoms with E-state index in [2.05, 4.69) is 20.7 Å². The van der Waals surface area contributed by atoms with E-state index in [0.29, 0.717) is 0 Å². The molecule has 12 heteroatoms. The number of carbonyl (C=O) groups is 5. The summed E-state index contributed by atoms with van der Waals surface area (Å²) < 4.78 is 14.9. The second kappa shape index (κ2) is 11.3. The van der Waals surface area contributed by atoms with Gasteiger partial charge in [-0.05, 0) is 26.3 Å². The second-order valence-electron chi connectivity index (χ2n) is 9.61. The van der Waals surface area contributed by atoms with Crippen LogP contribution in [0.5, 0.6) is 0 Å². The molecule has 0 bridgehead atoms. The van der Waals surface area contributed by atoms with Crippen LogP contribution in [-0.2, 0) is 35.2 Å². The molecule has 0 radical (unpaired) electrons. The molecule has 1 aliphatic heterocycles. The summed E-state index contributed by atoms with van der Waals surface area (Å²) in [5.41, 5.74) is 0.102. The number of hydrogen-bond acceptors (Lipinski definition) is 8. The fourth-order valence-corrected chi connectivity index (χ4v) is 4.19. The van der Waals surface area contributed by atoms with Crippen LogP contribution in [0, 0.1) is 11.8 Å². The molecule has 36 heavy (non-hydrogen) atoms. The van der Waals surface area contributed by atoms with E-state index in [0.717, 1.165) is 5.56 Å². The number of esters is 1. The van der Waals surface area contributed by atoms with Crippen molar-refractivity contribution in [2.75, 3.05) is 26.7 Å². The maximum atomic E-state index is 12.9. The molecule has 4 atom stereocenters. The molecule has 3 N–H and O–H groups in total. The molecule has 12 nitrogen and oxygen atoms in total. The van der Waals surface area contributed by atoms with Crippen molar-refractivity contribution < 1.29 is 38.2 Å². The zero-order chi connectivity index (χ0) is 26.5. The molecule has 1 heterocycles. The lowest BCUT2D eigenvalue weighted by Crippen LogP contribution is -2.54. The highest BCUT2D eigenvalue weighted by molar-refractivity contribution is 5.92. The van der Waals surface area contributed by atoms with Gasteiger partial charge in [-0.2, -0.15) is 0 Å². The predicted molar refractivity (Wildman–Crippen MR) is 125 cm³/mol. The Morgan fingerprint density at radius 3 is 2.33 bits per heavy atom. The Labute approximate surface area is 209 Å². The second-order valence-corrected chi connectivity index (χ2v) is 9.61. The van der Waals surface area contributed by atoms with Gasteiger partial charge in [0.2, 0.25) is 11.8 Å². The highest BCUT2D eigenvalue weighted by Crippen LogP contribution is 2.50. The first-order valence-electron chi connectivity index (χ1n) is 11.6. The van der Waals surface area contributed by atoms with Crippen molar-refractivity contribution in [1.29, 1.82) is 0 Å². The van der Waals surface area contributed by atoms with Gasteiger partial charge in [0.1, 0.15) is 31.3 Å². The molecule has 2 aliphatic rings. The molecule has 4 amide bonds. The largest absolute Gasteiger partial charge is 0.468 e. The van der Waals surface area contributed by atoms with Gasteiger partial charge in [-0.25, -0.2) is 9.59 Å². The Balaban J connectivity index is 1.59. The number of nitrogens with zero attached hydrogens (tertiary/aromatic N) is 1. The van der Waals surface area contributed by atoms with Crippen LogP contribution in [0.1, 0.15) is 26.3 Å². The summed E-state index contributed by atoms with van der Waals surface area (Å²) in [6.07, 6.45) is -1.39. The lowest BCUT2D eigenvalue weighted by Gasteiger charge is -2.28. The molecule has 1 aromatic carbocycles. The maximum absolute atomic E-state index is 12.9. The van der Waals surface area contributed by atoms with Crippen LogP contribution in [0.4, 0.5) is 9.59 Å². The van der Waals surface area contributed by atoms with Crippen molar-refractivity contribution in [2.45, 2.75) is 45.1 Å². The summed E-state index contributed by atoms with van der Waals surface area (Å²) in [4.78, 5) is 62.8. The van der Waals surface area contributed by atoms with Crippen LogP contribution >= 0.6 is 0 Å². The van der Waals surface area contributed by atoms with Crippen LogP contribution in [0.25, 0.3) is 0 Å². The van der Waals surface area contributed by atoms with Crippen LogP contribution in [-0.4, -0.2) is 79.3 Å². The zero-order valence-electron chi connectivity index (χ0n) is 20.7. The van der Waals surface area contributed by atoms with E-state index in [-0.39, 0.29) is 44.1 Å². The summed E-state index contributed by atoms with van der Waals surface area (Å²) >= 11 is 0. The molecule has 1 aliphatic carbocycles. The van der Waals surface area contributed by atoms with Gasteiger partial charge in [-0.1, -0.05) is 30.3 Å². The Morgan fingerprint density at radius 2 is 1.69 bits per heavy atom. The van der Waals surface area contributed by atoms with E-state index in [4.69, 9.17) is 9.47 Å². The molecule has 1 saturated carbocycles. The van der Waals surface area contributed by atoms with Gasteiger partial charge in [-0.3, -0.25) is 14.4 Å². The summed E-state index contributed by atoms with van der Waals surface area (Å²) in [5.74, 6) is -2.22. The molecule has 0 unspecified atom stereocenters. The number of alkyl carbamates (subject to hydrolysis) is 2. The third-order valence-electron chi connectivity index (χ3n) is 5.84. The van der Waals surface area contributed by atoms with Crippen LogP contribution in [0.2, 0.25) is 0 Å². The molecule has 196 valence electrons. The van der Waals surface area contributed by atoms with Crippen molar-refractivity contribution in [1.82, 2.24) is 20.9 Å². The van der Waals surface area contributed by atoms with Gasteiger partial charge in [0.25, 0.3) is 0 Å². The smallest absolute Gasteiger partial charge is 0.408 e. The predicted octanol–water partition coefficient (Wildman–Crippen LogP) is 0.552. The Kier molecular flexibility index (Phi) is 8.38. The Bertz CT molecular complexity index is 994. The van der Waals surface area contributed by atoms with Crippen molar-refractivity contribution in [2.24, 2.45) is 11.8 Å². The number of hydrogen-bond donors (Lipinski definition) is 3. The first-order chi connectivity index (χ1) is 17.0. The minimum atomic E-state index is -0.938. The van der Waals surface area contributed by atoms with E-state index in [1.54, 1.807) is 20.8 Å². The molecule has 0 spiro atoms. The molecular formula is C24H32N4O8. The SMILES string of the molecule is COC(=O)CNC(=O)[C@@H]1[C@@H]2[C@H](CN1C(=O)CNC(=O)OC(C)(C)C)[C@H]2NC(=O)OCc1ccccc1. The van der Waals surface area contributed by atoms with Crippen LogP contribution < -0.4 is 16.0 Å². The Morgan fingerprint density at radius 1 is 1.00 bits per heavy atom. The molecule has 1 saturated heterocycles. The van der Waals surface area contributed by atoms with E-state index >= 15 is 0 Å². The van der Waals surface area contributed by atoms with Crippen molar-refractivity contribution in [3.05, 3.63) is 35.9 Å². The van der Waals surface area contributed by atoms with Crippen LogP contribution in [0.3, 0.4) is 0 Å². The summed E-state index contributed by atoms with van der Waals surface area (Å²) in [5, 5.41) is 7.62. The third kappa shape index (κ3) is 7.09. The first kappa shape index (κ1) is 26.8. The Hall–Kier alpha value is -3.83. The van der Waals surface area contributed by atoms with Crippen molar-refractivity contribution in [3.63, 3.8) is 0 Å². The van der Waals surface area contributed by atoms with Gasteiger partial charge in [0, 0.05) is 24.4 Å². The lowest BCUT2D eigenvalue weighted by molar-refractivity contribution is -0.143. The summed E-state index contributed by atoms with van der Waals surface area (Å²) in [7, 11) is 1.19. The van der Waals surface area contributed by atoms with E-state index in [9.17, 15) is 24.0 Å². The fourth-order valence-electron chi connectivity index (χ4n) is 4.19. The number of benzene rings is 1. The zero-order valence-corrected chi connectivity index (χ0v) is 20.7. The molecular weight excluding hydrogens is 472 g/mol. The minimum Gasteiger partial charge on any atom is -0.468 e. The number of fused-ring (bicyclic) bond motifs is 1. The number of piperidine rings is 1. The monoisotopic (exact) mass is 504 g/mol. The van der Waals surface area contributed by atoms with Gasteiger partial charge in [0.05, 0.1) is 7.11 Å². The van der Waals surface area contributed by atoms with Gasteiger partial charge >= 0.3 is 18.2 Å². The molecule has 2 fully saturated rings. The number of carbonyl (C=O) groups excluding carboxylic acids is 5. The quantitative estimate of drug-likeness (QED) is 0.343. The maximum Gasteiger partial charge on any atom is 0.408 e. The highest BCUT2D eigenvalue weighted by atomic mass is 16.6. The normalized spacial score (nSPS) is 22.1. The number of ether oxygens (including phenoxy) is 3. The molecule has 3 rings (SSSR count). The van der Waals surface area contributed by atoms with Gasteiger partial charge in [-0.15, -0.1) is 0 Å². The number of likely N-dealkylation sites (tertiary alicyclic amines) is 1. The molecule has 1 aromatic rings. The number of methoxy groups -OCH3 is 1. The summed E-state index contributed by atoms with van der Waals surface area (Å²) in [6.45, 7) is 4.65. The topological polar surface area (TPSA) is 152 Å². The van der Waals surface area contributed by atoms with E-state index in [1.165, 1.54) is 12.0 Å². The van der Waals surface area contributed by atoms with Crippen LogP contribution in [0.15, 0.2) is 30.3 Å². The number of amides is 4.